The molecular formula is C15H24N2O. The molecule has 3 heteroatoms. The van der Waals surface area contributed by atoms with E-state index in [1.54, 1.807) is 6.92 Å². The topological polar surface area (TPSA) is 33.2 Å². The van der Waals surface area contributed by atoms with Crippen LogP contribution in [0.15, 0.2) is 18.3 Å². The molecule has 0 unspecified atom stereocenters. The number of aromatic nitrogens is 1. The summed E-state index contributed by atoms with van der Waals surface area (Å²) in [5.74, 6) is 0.0172. The molecule has 0 amide bonds. The van der Waals surface area contributed by atoms with Gasteiger partial charge in [0.2, 0.25) is 0 Å². The molecular weight excluding hydrogens is 224 g/mol. The van der Waals surface area contributed by atoms with Gasteiger partial charge in [-0.15, -0.1) is 0 Å². The molecule has 1 rings (SSSR count). The highest BCUT2D eigenvalue weighted by atomic mass is 16.1. The summed E-state index contributed by atoms with van der Waals surface area (Å²) in [6.07, 6.45) is 5.49. The Morgan fingerprint density at radius 1 is 1.33 bits per heavy atom. The zero-order chi connectivity index (χ0) is 13.5. The van der Waals surface area contributed by atoms with E-state index in [9.17, 15) is 4.79 Å². The molecule has 1 aromatic heterocycles. The van der Waals surface area contributed by atoms with Crippen LogP contribution in [0, 0.1) is 0 Å². The summed E-state index contributed by atoms with van der Waals surface area (Å²) in [7, 11) is 0. The minimum Gasteiger partial charge on any atom is -0.368 e. The Morgan fingerprint density at radius 3 is 2.50 bits per heavy atom. The van der Waals surface area contributed by atoms with Gasteiger partial charge in [0.1, 0.15) is 5.69 Å². The molecule has 0 N–H and O–H groups in total. The van der Waals surface area contributed by atoms with Gasteiger partial charge in [-0.05, 0) is 32.4 Å². The number of unbranched alkanes of at least 4 members (excludes halogenated alkanes) is 2. The minimum absolute atomic E-state index is 0.0172. The van der Waals surface area contributed by atoms with E-state index < -0.39 is 0 Å². The fraction of sp³-hybridized carbons (Fsp3) is 0.600. The van der Waals surface area contributed by atoms with Crippen molar-refractivity contribution in [1.29, 1.82) is 0 Å². The normalized spacial score (nSPS) is 10.7. The summed E-state index contributed by atoms with van der Waals surface area (Å²) in [5.41, 5.74) is 1.64. The third kappa shape index (κ3) is 4.13. The molecule has 1 aromatic rings. The summed E-state index contributed by atoms with van der Waals surface area (Å²) in [4.78, 5) is 17.8. The average Bonchev–Trinajstić information content (AvgIpc) is 2.34. The molecule has 0 aliphatic carbocycles. The van der Waals surface area contributed by atoms with Crippen molar-refractivity contribution >= 4 is 11.5 Å². The molecule has 0 radical (unpaired) electrons. The lowest BCUT2D eigenvalue weighted by atomic mass is 10.2. The number of hydrogen-bond acceptors (Lipinski definition) is 3. The summed E-state index contributed by atoms with van der Waals surface area (Å²) < 4.78 is 0. The molecule has 0 aliphatic rings. The average molecular weight is 248 g/mol. The minimum atomic E-state index is 0.0172. The van der Waals surface area contributed by atoms with Gasteiger partial charge in [-0.1, -0.05) is 19.8 Å². The summed E-state index contributed by atoms with van der Waals surface area (Å²) in [6, 6.07) is 4.26. The number of carbonyl (C=O) groups excluding carboxylic acids is 1. The van der Waals surface area contributed by atoms with Crippen LogP contribution in [-0.2, 0) is 0 Å². The zero-order valence-corrected chi connectivity index (χ0v) is 11.9. The van der Waals surface area contributed by atoms with Gasteiger partial charge in [-0.3, -0.25) is 9.78 Å². The van der Waals surface area contributed by atoms with Crippen LogP contribution in [0.25, 0.3) is 0 Å². The first-order valence-electron chi connectivity index (χ1n) is 6.80. The van der Waals surface area contributed by atoms with Gasteiger partial charge in [-0.25, -0.2) is 0 Å². The Hall–Kier alpha value is -1.38. The van der Waals surface area contributed by atoms with E-state index in [1.165, 1.54) is 19.3 Å². The van der Waals surface area contributed by atoms with E-state index in [0.717, 1.165) is 12.2 Å². The van der Waals surface area contributed by atoms with E-state index in [4.69, 9.17) is 0 Å². The quantitative estimate of drug-likeness (QED) is 0.545. The summed E-state index contributed by atoms with van der Waals surface area (Å²) >= 11 is 0. The Morgan fingerprint density at radius 2 is 2.06 bits per heavy atom. The lowest BCUT2D eigenvalue weighted by molar-refractivity contribution is 0.101. The second kappa shape index (κ2) is 7.14. The summed E-state index contributed by atoms with van der Waals surface area (Å²) in [5, 5.41) is 0. The van der Waals surface area contributed by atoms with Gasteiger partial charge >= 0.3 is 0 Å². The maximum atomic E-state index is 11.2. The van der Waals surface area contributed by atoms with Crippen LogP contribution >= 0.6 is 0 Å². The van der Waals surface area contributed by atoms with E-state index in [0.29, 0.717) is 11.7 Å². The van der Waals surface area contributed by atoms with Crippen molar-refractivity contribution in [2.45, 2.75) is 53.0 Å². The SMILES string of the molecule is CCCCCN(c1ccc(C(C)=O)nc1)C(C)C. The lowest BCUT2D eigenvalue weighted by Gasteiger charge is -2.28. The zero-order valence-electron chi connectivity index (χ0n) is 11.9. The molecule has 0 atom stereocenters. The van der Waals surface area contributed by atoms with Crippen molar-refractivity contribution in [3.8, 4) is 0 Å². The third-order valence-corrected chi connectivity index (χ3v) is 3.07. The maximum Gasteiger partial charge on any atom is 0.178 e. The van der Waals surface area contributed by atoms with Crippen molar-refractivity contribution in [3.63, 3.8) is 0 Å². The second-order valence-electron chi connectivity index (χ2n) is 4.95. The Labute approximate surface area is 110 Å². The molecule has 0 aromatic carbocycles. The maximum absolute atomic E-state index is 11.2. The van der Waals surface area contributed by atoms with Crippen LogP contribution < -0.4 is 4.90 Å². The predicted octanol–water partition coefficient (Wildman–Crippen LogP) is 3.69. The van der Waals surface area contributed by atoms with Gasteiger partial charge in [0.25, 0.3) is 0 Å². The molecule has 1 heterocycles. The van der Waals surface area contributed by atoms with Crippen molar-refractivity contribution in [2.24, 2.45) is 0 Å². The van der Waals surface area contributed by atoms with Crippen molar-refractivity contribution < 1.29 is 4.79 Å². The van der Waals surface area contributed by atoms with E-state index in [-0.39, 0.29) is 5.78 Å². The number of hydrogen-bond donors (Lipinski definition) is 0. The Bertz CT molecular complexity index is 371. The highest BCUT2D eigenvalue weighted by Gasteiger charge is 2.11. The molecule has 100 valence electrons. The number of ketones is 1. The molecule has 0 saturated heterocycles. The number of rotatable bonds is 7. The molecule has 3 nitrogen and oxygen atoms in total. The van der Waals surface area contributed by atoms with Crippen LogP contribution in [0.4, 0.5) is 5.69 Å². The van der Waals surface area contributed by atoms with Crippen molar-refractivity contribution in [2.75, 3.05) is 11.4 Å². The largest absolute Gasteiger partial charge is 0.368 e. The standard InChI is InChI=1S/C15H24N2O/c1-5-6-7-10-17(12(2)3)14-8-9-15(13(4)18)16-11-14/h8-9,11-12H,5-7,10H2,1-4H3. The van der Waals surface area contributed by atoms with Gasteiger partial charge in [-0.2, -0.15) is 0 Å². The number of Topliss-reactive ketones (excluding diaryl/α,β-unsaturated/α-hetero) is 1. The fourth-order valence-corrected chi connectivity index (χ4v) is 1.98. The smallest absolute Gasteiger partial charge is 0.178 e. The molecule has 18 heavy (non-hydrogen) atoms. The molecule has 0 fully saturated rings. The molecule has 0 saturated carbocycles. The van der Waals surface area contributed by atoms with Crippen LogP contribution in [0.1, 0.15) is 57.4 Å². The third-order valence-electron chi connectivity index (χ3n) is 3.07. The van der Waals surface area contributed by atoms with E-state index >= 15 is 0 Å². The highest BCUT2D eigenvalue weighted by Crippen LogP contribution is 2.17. The first-order valence-corrected chi connectivity index (χ1v) is 6.80. The van der Waals surface area contributed by atoms with E-state index in [1.807, 2.05) is 18.3 Å². The summed E-state index contributed by atoms with van der Waals surface area (Å²) in [6.45, 7) is 9.18. The van der Waals surface area contributed by atoms with Crippen LogP contribution in [0.2, 0.25) is 0 Å². The monoisotopic (exact) mass is 248 g/mol. The van der Waals surface area contributed by atoms with Crippen LogP contribution in [0.5, 0.6) is 0 Å². The van der Waals surface area contributed by atoms with Gasteiger partial charge in [0.05, 0.1) is 11.9 Å². The second-order valence-corrected chi connectivity index (χ2v) is 4.95. The number of pyridine rings is 1. The predicted molar refractivity (Wildman–Crippen MR) is 76.2 cm³/mol. The van der Waals surface area contributed by atoms with Crippen LogP contribution in [-0.4, -0.2) is 23.4 Å². The lowest BCUT2D eigenvalue weighted by Crippen LogP contribution is -2.31. The highest BCUT2D eigenvalue weighted by molar-refractivity contribution is 5.92. The van der Waals surface area contributed by atoms with Gasteiger partial charge in [0.15, 0.2) is 5.78 Å². The number of carbonyl (C=O) groups is 1. The van der Waals surface area contributed by atoms with E-state index in [2.05, 4.69) is 30.7 Å². The van der Waals surface area contributed by atoms with Gasteiger partial charge in [0, 0.05) is 19.5 Å². The molecule has 0 aliphatic heterocycles. The molecule has 0 bridgehead atoms. The van der Waals surface area contributed by atoms with Crippen molar-refractivity contribution in [1.82, 2.24) is 4.98 Å². The van der Waals surface area contributed by atoms with Gasteiger partial charge < -0.3 is 4.90 Å². The Kier molecular flexibility index (Phi) is 5.83. The van der Waals surface area contributed by atoms with Crippen molar-refractivity contribution in [3.05, 3.63) is 24.0 Å². The number of nitrogens with zero attached hydrogens (tertiary/aromatic N) is 2. The fourth-order valence-electron chi connectivity index (χ4n) is 1.98. The van der Waals surface area contributed by atoms with Crippen LogP contribution in [0.3, 0.4) is 0 Å². The first-order chi connectivity index (χ1) is 8.56. The number of anilines is 1. The Balaban J connectivity index is 2.75. The first kappa shape index (κ1) is 14.7. The molecule has 0 spiro atoms.